The van der Waals surface area contributed by atoms with E-state index in [0.29, 0.717) is 25.7 Å². The number of anilines is 1. The van der Waals surface area contributed by atoms with E-state index in [2.05, 4.69) is 45.7 Å². The summed E-state index contributed by atoms with van der Waals surface area (Å²) in [6, 6.07) is 7.94. The second-order valence-electron chi connectivity index (χ2n) is 7.94. The fourth-order valence-corrected chi connectivity index (χ4v) is 3.52. The van der Waals surface area contributed by atoms with Crippen molar-refractivity contribution in [3.63, 3.8) is 0 Å². The monoisotopic (exact) mass is 396 g/mol. The third kappa shape index (κ3) is 4.36. The van der Waals surface area contributed by atoms with Gasteiger partial charge in [0, 0.05) is 44.0 Å². The lowest BCUT2D eigenvalue weighted by Gasteiger charge is -2.35. The lowest BCUT2D eigenvalue weighted by atomic mass is 9.84. The molecule has 1 aromatic heterocycles. The Balaban J connectivity index is 1.37. The maximum absolute atomic E-state index is 6.31. The van der Waals surface area contributed by atoms with Crippen molar-refractivity contribution < 1.29 is 9.47 Å². The van der Waals surface area contributed by atoms with Crippen molar-refractivity contribution in [2.45, 2.75) is 19.3 Å². The van der Waals surface area contributed by atoms with Gasteiger partial charge in [-0.15, -0.1) is 0 Å². The van der Waals surface area contributed by atoms with Gasteiger partial charge in [0.25, 0.3) is 0 Å². The van der Waals surface area contributed by atoms with Crippen LogP contribution in [0.3, 0.4) is 0 Å². The van der Waals surface area contributed by atoms with E-state index < -0.39 is 0 Å². The molecule has 2 N–H and O–H groups in total. The van der Waals surface area contributed by atoms with Gasteiger partial charge in [0.15, 0.2) is 17.5 Å². The first-order valence-electron chi connectivity index (χ1n) is 10.00. The minimum absolute atomic E-state index is 0.167. The number of nitrogens with two attached hydrogens (primary N) is 1. The molecule has 4 rings (SSSR count). The zero-order valence-corrected chi connectivity index (χ0v) is 17.0. The van der Waals surface area contributed by atoms with Gasteiger partial charge in [0.05, 0.1) is 6.54 Å². The number of ether oxygens (including phenoxy) is 2. The average Bonchev–Trinajstić information content (AvgIpc) is 2.78. The van der Waals surface area contributed by atoms with Crippen molar-refractivity contribution >= 4 is 11.9 Å². The second-order valence-corrected chi connectivity index (χ2v) is 7.94. The predicted molar refractivity (Wildman–Crippen MR) is 113 cm³/mol. The van der Waals surface area contributed by atoms with Crippen molar-refractivity contribution in [3.8, 4) is 11.5 Å². The van der Waals surface area contributed by atoms with E-state index in [-0.39, 0.29) is 5.41 Å². The first-order valence-corrected chi connectivity index (χ1v) is 10.00. The molecular weight excluding hydrogens is 368 g/mol. The van der Waals surface area contributed by atoms with Crippen LogP contribution in [0.5, 0.6) is 11.5 Å². The van der Waals surface area contributed by atoms with Gasteiger partial charge in [0.1, 0.15) is 13.2 Å². The molecular formula is C21H28N6O2. The molecule has 2 aliphatic rings. The normalized spacial score (nSPS) is 17.4. The summed E-state index contributed by atoms with van der Waals surface area (Å²) < 4.78 is 11.3. The molecule has 0 atom stereocenters. The molecule has 0 bridgehead atoms. The second kappa shape index (κ2) is 8.14. The van der Waals surface area contributed by atoms with Crippen LogP contribution < -0.4 is 20.1 Å². The number of piperazine rings is 1. The molecule has 29 heavy (non-hydrogen) atoms. The van der Waals surface area contributed by atoms with E-state index in [4.69, 9.17) is 20.2 Å². The van der Waals surface area contributed by atoms with Gasteiger partial charge in [-0.2, -0.15) is 0 Å². The Hall–Kier alpha value is -3.03. The van der Waals surface area contributed by atoms with E-state index in [1.54, 1.807) is 12.4 Å². The van der Waals surface area contributed by atoms with Crippen LogP contribution in [0.1, 0.15) is 19.4 Å². The van der Waals surface area contributed by atoms with Crippen LogP contribution in [0.4, 0.5) is 5.95 Å². The zero-order valence-electron chi connectivity index (χ0n) is 17.0. The van der Waals surface area contributed by atoms with Gasteiger partial charge in [-0.3, -0.25) is 4.99 Å². The van der Waals surface area contributed by atoms with Gasteiger partial charge in [0.2, 0.25) is 5.95 Å². The highest BCUT2D eigenvalue weighted by molar-refractivity contribution is 5.78. The number of nitrogens with zero attached hydrogens (tertiary/aromatic N) is 5. The predicted octanol–water partition coefficient (Wildman–Crippen LogP) is 1.66. The number of hydrogen-bond donors (Lipinski definition) is 1. The summed E-state index contributed by atoms with van der Waals surface area (Å²) in [5, 5.41) is 0. The quantitative estimate of drug-likeness (QED) is 0.621. The van der Waals surface area contributed by atoms with Gasteiger partial charge in [-0.25, -0.2) is 9.97 Å². The van der Waals surface area contributed by atoms with Crippen LogP contribution in [0.15, 0.2) is 41.7 Å². The summed E-state index contributed by atoms with van der Waals surface area (Å²) in [6.45, 7) is 9.37. The van der Waals surface area contributed by atoms with E-state index in [1.807, 2.05) is 12.1 Å². The Morgan fingerprint density at radius 1 is 1.07 bits per heavy atom. The summed E-state index contributed by atoms with van der Waals surface area (Å²) in [7, 11) is 0. The van der Waals surface area contributed by atoms with Crippen molar-refractivity contribution in [2.75, 3.05) is 50.8 Å². The highest BCUT2D eigenvalue weighted by Crippen LogP contribution is 2.35. The number of fused-ring (bicyclic) bond motifs is 1. The smallest absolute Gasteiger partial charge is 0.225 e. The molecule has 0 spiro atoms. The van der Waals surface area contributed by atoms with E-state index in [9.17, 15) is 0 Å². The summed E-state index contributed by atoms with van der Waals surface area (Å²) in [6.07, 6.45) is 3.54. The molecule has 8 nitrogen and oxygen atoms in total. The van der Waals surface area contributed by atoms with Crippen LogP contribution in [-0.2, 0) is 5.41 Å². The molecule has 1 saturated heterocycles. The van der Waals surface area contributed by atoms with Crippen molar-refractivity contribution in [1.29, 1.82) is 0 Å². The van der Waals surface area contributed by atoms with Crippen LogP contribution in [0.25, 0.3) is 0 Å². The summed E-state index contributed by atoms with van der Waals surface area (Å²) in [5.41, 5.74) is 7.30. The third-order valence-electron chi connectivity index (χ3n) is 5.40. The molecule has 2 aromatic rings. The Bertz CT molecular complexity index is 863. The van der Waals surface area contributed by atoms with E-state index >= 15 is 0 Å². The number of aliphatic imine (C=N–C) groups is 1. The van der Waals surface area contributed by atoms with Crippen LogP contribution in [0, 0.1) is 0 Å². The minimum atomic E-state index is -0.167. The molecule has 1 fully saturated rings. The number of benzene rings is 1. The highest BCUT2D eigenvalue weighted by atomic mass is 16.6. The Morgan fingerprint density at radius 3 is 2.48 bits per heavy atom. The number of guanidine groups is 1. The molecule has 8 heteroatoms. The van der Waals surface area contributed by atoms with Crippen molar-refractivity contribution in [1.82, 2.24) is 14.9 Å². The maximum Gasteiger partial charge on any atom is 0.225 e. The van der Waals surface area contributed by atoms with E-state index in [0.717, 1.165) is 49.2 Å². The maximum atomic E-state index is 6.31. The fraction of sp³-hybridized carbons (Fsp3) is 0.476. The SMILES string of the molecule is CC(C)(CN=C(N)N1CCN(c2ncccn2)CC1)c1ccc2c(c1)OCCO2. The third-order valence-corrected chi connectivity index (χ3v) is 5.40. The van der Waals surface area contributed by atoms with E-state index in [1.165, 1.54) is 0 Å². The lowest BCUT2D eigenvalue weighted by Crippen LogP contribution is -2.51. The van der Waals surface area contributed by atoms with Gasteiger partial charge < -0.3 is 25.0 Å². The standard InChI is InChI=1S/C21H28N6O2/c1-21(2,16-4-5-17-18(14-16)29-13-12-28-17)15-25-19(22)26-8-10-27(11-9-26)20-23-6-3-7-24-20/h3-7,14H,8-13,15H2,1-2H3,(H2,22,25). The molecule has 0 saturated carbocycles. The zero-order chi connectivity index (χ0) is 20.3. The average molecular weight is 396 g/mol. The molecule has 0 amide bonds. The Morgan fingerprint density at radius 2 is 1.76 bits per heavy atom. The van der Waals surface area contributed by atoms with Crippen molar-refractivity contribution in [3.05, 3.63) is 42.2 Å². The molecule has 1 aromatic carbocycles. The van der Waals surface area contributed by atoms with Gasteiger partial charge in [-0.1, -0.05) is 19.9 Å². The largest absolute Gasteiger partial charge is 0.486 e. The molecule has 0 aliphatic carbocycles. The summed E-state index contributed by atoms with van der Waals surface area (Å²) >= 11 is 0. The summed E-state index contributed by atoms with van der Waals surface area (Å²) in [5.74, 6) is 2.96. The molecule has 154 valence electrons. The fourth-order valence-electron chi connectivity index (χ4n) is 3.52. The first-order chi connectivity index (χ1) is 14.0. The summed E-state index contributed by atoms with van der Waals surface area (Å²) in [4.78, 5) is 17.6. The van der Waals surface area contributed by atoms with Crippen LogP contribution >= 0.6 is 0 Å². The van der Waals surface area contributed by atoms with Gasteiger partial charge in [-0.05, 0) is 23.8 Å². The van der Waals surface area contributed by atoms with Crippen LogP contribution in [-0.4, -0.2) is 66.8 Å². The number of hydrogen-bond acceptors (Lipinski definition) is 6. The van der Waals surface area contributed by atoms with Crippen LogP contribution in [0.2, 0.25) is 0 Å². The topological polar surface area (TPSA) is 89.1 Å². The molecule has 0 radical (unpaired) electrons. The Kier molecular flexibility index (Phi) is 5.42. The molecule has 3 heterocycles. The highest BCUT2D eigenvalue weighted by Gasteiger charge is 2.25. The van der Waals surface area contributed by atoms with Crippen molar-refractivity contribution in [2.24, 2.45) is 10.7 Å². The minimum Gasteiger partial charge on any atom is -0.486 e. The lowest BCUT2D eigenvalue weighted by molar-refractivity contribution is 0.171. The number of rotatable bonds is 4. The van der Waals surface area contributed by atoms with Gasteiger partial charge >= 0.3 is 0 Å². The number of aromatic nitrogens is 2. The molecule has 2 aliphatic heterocycles. The Labute approximate surface area is 171 Å². The first kappa shape index (κ1) is 19.3. The molecule has 0 unspecified atom stereocenters.